The lowest BCUT2D eigenvalue weighted by molar-refractivity contribution is -0.572. The number of hydrogen-bond acceptors (Lipinski definition) is 11. The first-order valence-corrected chi connectivity index (χ1v) is 18.2. The van der Waals surface area contributed by atoms with Crippen LogP contribution in [0.4, 0.5) is 48.3 Å². The molecular weight excluding hydrogens is 829 g/mol. The van der Waals surface area contributed by atoms with Gasteiger partial charge in [-0.15, -0.1) is 42.5 Å². The summed E-state index contributed by atoms with van der Waals surface area (Å²) in [5.41, 5.74) is 7.71. The van der Waals surface area contributed by atoms with Crippen LogP contribution < -0.4 is 21.8 Å². The van der Waals surface area contributed by atoms with Gasteiger partial charge in [-0.3, -0.25) is 4.79 Å². The number of alkyl halides is 11. The minimum Gasteiger partial charge on any atom is -0.456 e. The molecule has 3 aromatic rings. The van der Waals surface area contributed by atoms with Crippen molar-refractivity contribution in [3.05, 3.63) is 58.4 Å². The van der Waals surface area contributed by atoms with Crippen LogP contribution in [0.25, 0.3) is 22.1 Å². The van der Waals surface area contributed by atoms with Crippen LogP contribution in [0.2, 0.25) is 0 Å². The van der Waals surface area contributed by atoms with Gasteiger partial charge < -0.3 is 25.4 Å². The van der Waals surface area contributed by atoms with E-state index in [4.69, 9.17) is 15.9 Å². The summed E-state index contributed by atoms with van der Waals surface area (Å²) >= 11 is 0.0772. The molecule has 1 heterocycles. The third kappa shape index (κ3) is 15.8. The van der Waals surface area contributed by atoms with Gasteiger partial charge in [0, 0.05) is 26.9 Å². The molecule has 0 aliphatic carbocycles. The van der Waals surface area contributed by atoms with Crippen LogP contribution in [-0.4, -0.2) is 60.6 Å². The quantitative estimate of drug-likeness (QED) is 0.0264. The second kappa shape index (κ2) is 18.3. The number of halogens is 11. The Morgan fingerprint density at radius 3 is 1.98 bits per heavy atom. The number of carbonyl (C=O) groups is 1. The lowest BCUT2D eigenvalue weighted by Gasteiger charge is -2.34. The topological polar surface area (TPSA) is 145 Å². The zero-order valence-electron chi connectivity index (χ0n) is 31.6. The number of unbranched alkanes of at least 4 members (excludes halogenated alkanes) is 2. The zero-order chi connectivity index (χ0) is 44.1. The van der Waals surface area contributed by atoms with E-state index in [1.54, 1.807) is 0 Å². The molecule has 0 amide bonds. The maximum absolute atomic E-state index is 14.4. The Labute approximate surface area is 328 Å². The number of carbonyl (C=O) groups excluding carboxylic acids is 1. The van der Waals surface area contributed by atoms with Gasteiger partial charge in [-0.25, -0.2) is 19.0 Å². The number of aryl methyl sites for hydroxylation is 1. The fourth-order valence-corrected chi connectivity index (χ4v) is 6.04. The van der Waals surface area contributed by atoms with Crippen LogP contribution in [0.5, 0.6) is 5.75 Å². The largest absolute Gasteiger partial charge is 0.573 e. The highest BCUT2D eigenvalue weighted by Gasteiger charge is 2.57. The molecule has 4 N–H and O–H groups in total. The highest BCUT2D eigenvalue weighted by atomic mass is 32.2. The SMILES string of the molecule is CCCCCc1ccc(-c2cc3ccc(SCC(F)(F)OC(F)(F)OC(F)(F)OC(F)(F)COC(=O)C(CC(C)(C)N)C(C)(C)N)cc3oc2=O)c(OC(F)(F)F)c1. The molecule has 0 fully saturated rings. The Morgan fingerprint density at radius 1 is 0.793 bits per heavy atom. The average Bonchev–Trinajstić information content (AvgIpc) is 3.02. The predicted molar refractivity (Wildman–Crippen MR) is 187 cm³/mol. The van der Waals surface area contributed by atoms with Gasteiger partial charge in [0.25, 0.3) is 0 Å². The fourth-order valence-electron chi connectivity index (χ4n) is 5.29. The van der Waals surface area contributed by atoms with Gasteiger partial charge in [-0.2, -0.15) is 17.6 Å². The summed E-state index contributed by atoms with van der Waals surface area (Å²) in [5.74, 6) is -5.17. The van der Waals surface area contributed by atoms with Gasteiger partial charge in [0.05, 0.1) is 17.2 Å². The van der Waals surface area contributed by atoms with Gasteiger partial charge >= 0.3 is 42.8 Å². The van der Waals surface area contributed by atoms with Gasteiger partial charge in [-0.1, -0.05) is 38.0 Å². The maximum Gasteiger partial charge on any atom is 0.573 e. The smallest absolute Gasteiger partial charge is 0.456 e. The van der Waals surface area contributed by atoms with Crippen LogP contribution in [-0.2, 0) is 30.2 Å². The number of benzene rings is 2. The lowest BCUT2D eigenvalue weighted by Crippen LogP contribution is -2.51. The van der Waals surface area contributed by atoms with E-state index in [1.807, 2.05) is 6.92 Å². The second-order valence-electron chi connectivity index (χ2n) is 14.5. The van der Waals surface area contributed by atoms with Gasteiger partial charge in [-0.05, 0) is 76.8 Å². The van der Waals surface area contributed by atoms with Gasteiger partial charge in [0.2, 0.25) is 0 Å². The van der Waals surface area contributed by atoms with Crippen molar-refractivity contribution in [1.82, 2.24) is 0 Å². The molecule has 2 aromatic carbocycles. The zero-order valence-corrected chi connectivity index (χ0v) is 32.4. The third-order valence-electron chi connectivity index (χ3n) is 7.81. The molecule has 0 saturated heterocycles. The van der Waals surface area contributed by atoms with Crippen LogP contribution in [0.1, 0.15) is 65.9 Å². The summed E-state index contributed by atoms with van der Waals surface area (Å²) in [6, 6.07) is 8.36. The molecule has 0 aliphatic heterocycles. The van der Waals surface area contributed by atoms with Crippen LogP contribution in [0, 0.1) is 5.92 Å². The van der Waals surface area contributed by atoms with Crippen LogP contribution in [0.3, 0.4) is 0 Å². The molecule has 326 valence electrons. The lowest BCUT2D eigenvalue weighted by atomic mass is 9.80. The first-order valence-electron chi connectivity index (χ1n) is 17.3. The summed E-state index contributed by atoms with van der Waals surface area (Å²) in [6.07, 6.45) is -24.7. The number of fused-ring (bicyclic) bond motifs is 1. The van der Waals surface area contributed by atoms with E-state index in [0.29, 0.717) is 18.4 Å². The van der Waals surface area contributed by atoms with Crippen molar-refractivity contribution < 1.29 is 81.2 Å². The normalized spacial score (nSPS) is 14.2. The molecule has 10 nitrogen and oxygen atoms in total. The van der Waals surface area contributed by atoms with E-state index in [9.17, 15) is 57.9 Å². The Kier molecular flexibility index (Phi) is 15.3. The monoisotopic (exact) mass is 870 g/mol. The van der Waals surface area contributed by atoms with E-state index in [1.165, 1.54) is 45.9 Å². The molecule has 0 saturated carbocycles. The number of esters is 1. The molecule has 3 rings (SSSR count). The molecule has 0 radical (unpaired) electrons. The van der Waals surface area contributed by atoms with Gasteiger partial charge in [0.1, 0.15) is 11.3 Å². The van der Waals surface area contributed by atoms with Gasteiger partial charge in [0.15, 0.2) is 6.61 Å². The fraction of sp³-hybridized carbons (Fsp3) is 0.556. The van der Waals surface area contributed by atoms with E-state index < -0.39 is 77.9 Å². The van der Waals surface area contributed by atoms with Crippen molar-refractivity contribution in [2.75, 3.05) is 12.4 Å². The molecule has 22 heteroatoms. The molecule has 1 unspecified atom stereocenters. The molecule has 0 bridgehead atoms. The molecule has 58 heavy (non-hydrogen) atoms. The summed E-state index contributed by atoms with van der Waals surface area (Å²) in [5, 5.41) is 0.0863. The van der Waals surface area contributed by atoms with Crippen LogP contribution >= 0.6 is 11.8 Å². The van der Waals surface area contributed by atoms with Crippen molar-refractivity contribution in [1.29, 1.82) is 0 Å². The molecule has 0 spiro atoms. The Balaban J connectivity index is 1.68. The van der Waals surface area contributed by atoms with Crippen LogP contribution in [0.15, 0.2) is 56.6 Å². The Morgan fingerprint density at radius 2 is 1.41 bits per heavy atom. The molecule has 1 aromatic heterocycles. The highest BCUT2D eigenvalue weighted by Crippen LogP contribution is 2.40. The maximum atomic E-state index is 14.4. The summed E-state index contributed by atoms with van der Waals surface area (Å²) in [4.78, 5) is 25.1. The predicted octanol–water partition coefficient (Wildman–Crippen LogP) is 9.54. The first kappa shape index (κ1) is 48.7. The number of ether oxygens (including phenoxy) is 5. The average molecular weight is 871 g/mol. The van der Waals surface area contributed by atoms with Crippen molar-refractivity contribution in [2.24, 2.45) is 17.4 Å². The summed E-state index contributed by atoms with van der Waals surface area (Å²) in [6.45, 7) is 5.27. The highest BCUT2D eigenvalue weighted by molar-refractivity contribution is 7.99. The standard InChI is InChI=1S/C36H41F11N2O8S/c1-6-7-8-9-20-10-13-23(27(14-20)54-34(41,42)43)24-15-21-11-12-22(16-26(21)53-28(24)50)58-19-33(39,40)56-36(46,47)57-35(44,45)55-32(37,38)18-52-29(51)25(31(4,5)49)17-30(2,3)48/h10-16,25H,6-9,17-19,48-49H2,1-5H3. The summed E-state index contributed by atoms with van der Waals surface area (Å²) in [7, 11) is 0. The second-order valence-corrected chi connectivity index (χ2v) is 15.5. The number of hydrogen-bond donors (Lipinski definition) is 2. The molecular formula is C36H41F11N2O8S. The number of thioether (sulfide) groups is 1. The van der Waals surface area contributed by atoms with E-state index in [-0.39, 0.29) is 45.2 Å². The first-order chi connectivity index (χ1) is 26.3. The van der Waals surface area contributed by atoms with E-state index in [0.717, 1.165) is 37.1 Å². The van der Waals surface area contributed by atoms with Crippen molar-refractivity contribution in [2.45, 2.75) is 114 Å². The minimum atomic E-state index is -6.00. The van der Waals surface area contributed by atoms with Crippen molar-refractivity contribution in [3.63, 3.8) is 0 Å². The summed E-state index contributed by atoms with van der Waals surface area (Å²) < 4.78 is 176. The minimum absolute atomic E-state index is 0.0772. The van der Waals surface area contributed by atoms with E-state index in [2.05, 4.69) is 23.7 Å². The molecule has 1 atom stereocenters. The molecule has 0 aliphatic rings. The Bertz CT molecular complexity index is 1930. The van der Waals surface area contributed by atoms with Crippen molar-refractivity contribution >= 4 is 28.7 Å². The van der Waals surface area contributed by atoms with Crippen molar-refractivity contribution in [3.8, 4) is 16.9 Å². The number of rotatable bonds is 21. The third-order valence-corrected chi connectivity index (χ3v) is 8.88. The van der Waals surface area contributed by atoms with E-state index >= 15 is 0 Å². The number of nitrogens with two attached hydrogens (primary N) is 2. The Hall–Kier alpha value is -3.70.